The predicted octanol–water partition coefficient (Wildman–Crippen LogP) is 1.18. The fraction of sp³-hybridized carbons (Fsp3) is 0.846. The third kappa shape index (κ3) is 8.06. The van der Waals surface area contributed by atoms with Gasteiger partial charge in [0.1, 0.15) is 0 Å². The molecule has 0 aliphatic rings. The minimum absolute atomic E-state index is 0.119. The molecule has 106 valence electrons. The summed E-state index contributed by atoms with van der Waals surface area (Å²) in [6, 6.07) is 0. The Morgan fingerprint density at radius 3 is 2.39 bits per heavy atom. The van der Waals surface area contributed by atoms with Gasteiger partial charge >= 0.3 is 5.97 Å². The Morgan fingerprint density at radius 2 is 1.94 bits per heavy atom. The molecule has 0 aromatic heterocycles. The summed E-state index contributed by atoms with van der Waals surface area (Å²) < 4.78 is 4.95. The van der Waals surface area contributed by atoms with Gasteiger partial charge in [0.15, 0.2) is 0 Å². The second kappa shape index (κ2) is 8.08. The lowest BCUT2D eigenvalue weighted by Gasteiger charge is -2.30. The minimum Gasteiger partial charge on any atom is -0.466 e. The van der Waals surface area contributed by atoms with E-state index in [0.717, 1.165) is 19.4 Å². The molecule has 0 saturated heterocycles. The summed E-state index contributed by atoms with van der Waals surface area (Å²) in [6.07, 6.45) is 1.89. The van der Waals surface area contributed by atoms with Gasteiger partial charge in [0.25, 0.3) is 0 Å². The molecule has 0 rings (SSSR count). The van der Waals surface area contributed by atoms with E-state index in [1.807, 2.05) is 21.0 Å². The smallest absolute Gasteiger partial charge is 0.308 e. The van der Waals surface area contributed by atoms with Gasteiger partial charge in [-0.25, -0.2) is 0 Å². The fourth-order valence-electron chi connectivity index (χ4n) is 1.94. The van der Waals surface area contributed by atoms with Crippen molar-refractivity contribution < 1.29 is 14.3 Å². The predicted molar refractivity (Wildman–Crippen MR) is 71.3 cm³/mol. The van der Waals surface area contributed by atoms with Crippen LogP contribution in [-0.4, -0.2) is 49.6 Å². The Labute approximate surface area is 110 Å². The molecule has 0 radical (unpaired) electrons. The number of carbonyl (C=O) groups is 2. The quantitative estimate of drug-likeness (QED) is 0.664. The fourth-order valence-corrected chi connectivity index (χ4v) is 1.94. The molecule has 0 bridgehead atoms. The van der Waals surface area contributed by atoms with Crippen LogP contribution in [0.1, 0.15) is 40.0 Å². The Bertz CT molecular complexity index is 279. The Kier molecular flexibility index (Phi) is 7.59. The minimum atomic E-state index is -0.520. The van der Waals surface area contributed by atoms with E-state index in [1.54, 1.807) is 6.92 Å². The van der Waals surface area contributed by atoms with Gasteiger partial charge in [0.05, 0.1) is 13.0 Å². The van der Waals surface area contributed by atoms with E-state index in [4.69, 9.17) is 4.74 Å². The second-order valence-electron chi connectivity index (χ2n) is 5.13. The molecular formula is C13H26N2O3. The zero-order valence-corrected chi connectivity index (χ0v) is 12.2. The van der Waals surface area contributed by atoms with Gasteiger partial charge in [-0.1, -0.05) is 0 Å². The summed E-state index contributed by atoms with van der Waals surface area (Å²) in [6.45, 7) is 6.43. The summed E-state index contributed by atoms with van der Waals surface area (Å²) >= 11 is 0. The average molecular weight is 258 g/mol. The van der Waals surface area contributed by atoms with Gasteiger partial charge < -0.3 is 15.0 Å². The number of nitrogens with zero attached hydrogens (tertiary/aromatic N) is 1. The van der Waals surface area contributed by atoms with Crippen LogP contribution in [0, 0.1) is 0 Å². The number of nitrogens with one attached hydrogen (secondary N) is 1. The van der Waals surface area contributed by atoms with Crippen molar-refractivity contribution >= 4 is 11.9 Å². The molecule has 0 heterocycles. The third-order valence-electron chi connectivity index (χ3n) is 2.65. The van der Waals surface area contributed by atoms with Crippen LogP contribution in [0.5, 0.6) is 0 Å². The number of amides is 1. The van der Waals surface area contributed by atoms with Crippen molar-refractivity contribution in [1.29, 1.82) is 0 Å². The first-order valence-electron chi connectivity index (χ1n) is 6.38. The maximum absolute atomic E-state index is 11.6. The van der Waals surface area contributed by atoms with E-state index >= 15 is 0 Å². The highest BCUT2D eigenvalue weighted by molar-refractivity contribution is 5.76. The highest BCUT2D eigenvalue weighted by atomic mass is 16.5. The van der Waals surface area contributed by atoms with Crippen molar-refractivity contribution in [3.05, 3.63) is 0 Å². The summed E-state index contributed by atoms with van der Waals surface area (Å²) in [5.41, 5.74) is -0.520. The van der Waals surface area contributed by atoms with Crippen molar-refractivity contribution in [2.75, 3.05) is 27.2 Å². The molecule has 0 spiro atoms. The zero-order chi connectivity index (χ0) is 14.2. The van der Waals surface area contributed by atoms with Crippen LogP contribution in [0.15, 0.2) is 0 Å². The summed E-state index contributed by atoms with van der Waals surface area (Å²) in [5, 5.41) is 2.86. The molecule has 0 aromatic rings. The van der Waals surface area contributed by atoms with Crippen LogP contribution >= 0.6 is 0 Å². The lowest BCUT2D eigenvalue weighted by Crippen LogP contribution is -2.47. The molecule has 0 saturated carbocycles. The Morgan fingerprint density at radius 1 is 1.33 bits per heavy atom. The molecule has 0 aliphatic carbocycles. The number of rotatable bonds is 8. The van der Waals surface area contributed by atoms with Gasteiger partial charge in [-0.2, -0.15) is 0 Å². The van der Waals surface area contributed by atoms with E-state index < -0.39 is 5.54 Å². The third-order valence-corrected chi connectivity index (χ3v) is 2.65. The van der Waals surface area contributed by atoms with E-state index in [1.165, 1.54) is 6.92 Å². The first-order chi connectivity index (χ1) is 8.29. The number of hydrogen-bond donors (Lipinski definition) is 1. The molecule has 5 heteroatoms. The highest BCUT2D eigenvalue weighted by Gasteiger charge is 2.28. The summed E-state index contributed by atoms with van der Waals surface area (Å²) in [7, 11) is 4.00. The van der Waals surface area contributed by atoms with Crippen molar-refractivity contribution in [3.63, 3.8) is 0 Å². The average Bonchev–Trinajstić information content (AvgIpc) is 2.14. The molecule has 1 N–H and O–H groups in total. The van der Waals surface area contributed by atoms with E-state index in [-0.39, 0.29) is 18.3 Å². The molecule has 1 amide bonds. The molecule has 0 aromatic carbocycles. The van der Waals surface area contributed by atoms with Crippen LogP contribution in [0.2, 0.25) is 0 Å². The zero-order valence-electron chi connectivity index (χ0n) is 12.2. The number of esters is 1. The second-order valence-corrected chi connectivity index (χ2v) is 5.13. The first kappa shape index (κ1) is 16.9. The van der Waals surface area contributed by atoms with Gasteiger partial charge in [0.2, 0.25) is 5.91 Å². The molecular weight excluding hydrogens is 232 g/mol. The topological polar surface area (TPSA) is 58.6 Å². The monoisotopic (exact) mass is 258 g/mol. The molecule has 0 fully saturated rings. The van der Waals surface area contributed by atoms with Crippen molar-refractivity contribution in [3.8, 4) is 0 Å². The van der Waals surface area contributed by atoms with Crippen molar-refractivity contribution in [2.45, 2.75) is 45.6 Å². The standard InChI is InChI=1S/C13H26N2O3/c1-6-18-12(17)10-13(3,14-11(2)16)8-7-9-15(4)5/h6-10H2,1-5H3,(H,14,16). The van der Waals surface area contributed by atoms with Gasteiger partial charge in [0, 0.05) is 12.5 Å². The van der Waals surface area contributed by atoms with Gasteiger partial charge in [-0.3, -0.25) is 9.59 Å². The van der Waals surface area contributed by atoms with Crippen LogP contribution in [0.4, 0.5) is 0 Å². The van der Waals surface area contributed by atoms with Crippen LogP contribution in [-0.2, 0) is 14.3 Å². The SMILES string of the molecule is CCOC(=O)CC(C)(CCCN(C)C)NC(C)=O. The molecule has 18 heavy (non-hydrogen) atoms. The summed E-state index contributed by atoms with van der Waals surface area (Å²) in [4.78, 5) is 24.9. The van der Waals surface area contributed by atoms with E-state index in [2.05, 4.69) is 10.2 Å². The van der Waals surface area contributed by atoms with Crippen molar-refractivity contribution in [2.24, 2.45) is 0 Å². The first-order valence-corrected chi connectivity index (χ1v) is 6.38. The van der Waals surface area contributed by atoms with Gasteiger partial charge in [-0.15, -0.1) is 0 Å². The Balaban J connectivity index is 4.41. The normalized spacial score (nSPS) is 14.1. The number of ether oxygens (including phenoxy) is 1. The number of carbonyl (C=O) groups excluding carboxylic acids is 2. The largest absolute Gasteiger partial charge is 0.466 e. The van der Waals surface area contributed by atoms with E-state index in [0.29, 0.717) is 6.61 Å². The van der Waals surface area contributed by atoms with Gasteiger partial charge in [-0.05, 0) is 47.3 Å². The summed E-state index contributed by atoms with van der Waals surface area (Å²) in [5.74, 6) is -0.384. The van der Waals surface area contributed by atoms with Crippen LogP contribution < -0.4 is 5.32 Å². The lowest BCUT2D eigenvalue weighted by molar-refractivity contribution is -0.145. The van der Waals surface area contributed by atoms with Crippen molar-refractivity contribution in [1.82, 2.24) is 10.2 Å². The Hall–Kier alpha value is -1.10. The highest BCUT2D eigenvalue weighted by Crippen LogP contribution is 2.18. The molecule has 5 nitrogen and oxygen atoms in total. The lowest BCUT2D eigenvalue weighted by atomic mass is 9.91. The maximum atomic E-state index is 11.6. The molecule has 1 unspecified atom stereocenters. The molecule has 1 atom stereocenters. The molecule has 0 aliphatic heterocycles. The van der Waals surface area contributed by atoms with Crippen LogP contribution in [0.3, 0.4) is 0 Å². The van der Waals surface area contributed by atoms with E-state index in [9.17, 15) is 9.59 Å². The maximum Gasteiger partial charge on any atom is 0.308 e. The van der Waals surface area contributed by atoms with Crippen LogP contribution in [0.25, 0.3) is 0 Å². The number of hydrogen-bond acceptors (Lipinski definition) is 4.